The zero-order valence-electron chi connectivity index (χ0n) is 9.39. The van der Waals surface area contributed by atoms with Crippen LogP contribution in [0, 0.1) is 5.92 Å². The number of benzene rings is 1. The maximum absolute atomic E-state index is 6.22. The molecule has 2 rings (SSSR count). The van der Waals surface area contributed by atoms with Gasteiger partial charge in [-0.25, -0.2) is 0 Å². The Kier molecular flexibility index (Phi) is 3.32. The van der Waals surface area contributed by atoms with E-state index in [0.29, 0.717) is 6.04 Å². The molecular formula is C13H18ClN. The smallest absolute Gasteiger partial charge is 0.0441 e. The Labute approximate surface area is 96.8 Å². The lowest BCUT2D eigenvalue weighted by atomic mass is 9.91. The fraction of sp³-hybridized carbons (Fsp3) is 0.538. The molecule has 0 aromatic heterocycles. The molecule has 1 N–H and O–H groups in total. The molecule has 0 radical (unpaired) electrons. The van der Waals surface area contributed by atoms with Crippen molar-refractivity contribution < 1.29 is 0 Å². The highest BCUT2D eigenvalue weighted by Crippen LogP contribution is 2.26. The predicted octanol–water partition coefficient (Wildman–Crippen LogP) is 3.40. The van der Waals surface area contributed by atoms with Gasteiger partial charge in [0, 0.05) is 17.6 Å². The van der Waals surface area contributed by atoms with E-state index in [4.69, 9.17) is 11.6 Å². The molecule has 0 amide bonds. The van der Waals surface area contributed by atoms with Crippen molar-refractivity contribution in [1.29, 1.82) is 0 Å². The topological polar surface area (TPSA) is 12.0 Å². The molecule has 0 aliphatic carbocycles. The summed E-state index contributed by atoms with van der Waals surface area (Å²) in [7, 11) is 0. The molecule has 1 aliphatic rings. The number of hydrogen-bond acceptors (Lipinski definition) is 1. The summed E-state index contributed by atoms with van der Waals surface area (Å²) in [5.74, 6) is 0.742. The summed E-state index contributed by atoms with van der Waals surface area (Å²) < 4.78 is 0. The van der Waals surface area contributed by atoms with Gasteiger partial charge >= 0.3 is 0 Å². The third kappa shape index (κ3) is 2.53. The van der Waals surface area contributed by atoms with Crippen molar-refractivity contribution >= 4 is 11.6 Å². The van der Waals surface area contributed by atoms with Gasteiger partial charge in [-0.05, 0) is 36.0 Å². The number of nitrogens with one attached hydrogen (secondary N) is 1. The molecule has 1 atom stereocenters. The summed E-state index contributed by atoms with van der Waals surface area (Å²) in [6.07, 6.45) is 2.30. The van der Waals surface area contributed by atoms with Crippen molar-refractivity contribution in [2.24, 2.45) is 5.92 Å². The summed E-state index contributed by atoms with van der Waals surface area (Å²) in [6.45, 7) is 5.50. The Hall–Kier alpha value is -0.530. The Morgan fingerprint density at radius 1 is 1.47 bits per heavy atom. The van der Waals surface area contributed by atoms with Crippen molar-refractivity contribution in [1.82, 2.24) is 5.32 Å². The Balaban J connectivity index is 2.15. The summed E-state index contributed by atoms with van der Waals surface area (Å²) in [4.78, 5) is 0. The van der Waals surface area contributed by atoms with Crippen molar-refractivity contribution in [3.05, 3.63) is 34.3 Å². The third-order valence-corrected chi connectivity index (χ3v) is 3.36. The third-order valence-electron chi connectivity index (χ3n) is 3.00. The van der Waals surface area contributed by atoms with E-state index in [9.17, 15) is 0 Å². The molecule has 0 spiro atoms. The van der Waals surface area contributed by atoms with Crippen LogP contribution in [-0.4, -0.2) is 6.04 Å². The first-order valence-electron chi connectivity index (χ1n) is 5.66. The van der Waals surface area contributed by atoms with Crippen molar-refractivity contribution in [3.8, 4) is 0 Å². The zero-order chi connectivity index (χ0) is 10.8. The molecule has 0 saturated heterocycles. The van der Waals surface area contributed by atoms with Crippen LogP contribution in [0.25, 0.3) is 0 Å². The molecule has 1 aromatic rings. The van der Waals surface area contributed by atoms with E-state index in [1.165, 1.54) is 17.5 Å². The molecule has 1 aliphatic heterocycles. The maximum Gasteiger partial charge on any atom is 0.0441 e. The van der Waals surface area contributed by atoms with E-state index in [1.807, 2.05) is 12.1 Å². The van der Waals surface area contributed by atoms with Gasteiger partial charge in [-0.1, -0.05) is 37.6 Å². The van der Waals surface area contributed by atoms with Gasteiger partial charge in [0.1, 0.15) is 0 Å². The van der Waals surface area contributed by atoms with Crippen LogP contribution >= 0.6 is 11.6 Å². The zero-order valence-corrected chi connectivity index (χ0v) is 10.1. The van der Waals surface area contributed by atoms with Gasteiger partial charge < -0.3 is 5.32 Å². The highest BCUT2D eigenvalue weighted by Gasteiger charge is 2.20. The molecule has 1 nitrogen and oxygen atoms in total. The fourth-order valence-corrected chi connectivity index (χ4v) is 2.58. The van der Waals surface area contributed by atoms with Crippen LogP contribution in [0.15, 0.2) is 18.2 Å². The monoisotopic (exact) mass is 223 g/mol. The Bertz CT molecular complexity index is 346. The first-order chi connectivity index (χ1) is 7.16. The number of rotatable bonds is 2. The van der Waals surface area contributed by atoms with Crippen LogP contribution in [0.3, 0.4) is 0 Å². The van der Waals surface area contributed by atoms with E-state index in [2.05, 4.69) is 25.2 Å². The summed E-state index contributed by atoms with van der Waals surface area (Å²) in [6, 6.07) is 6.79. The van der Waals surface area contributed by atoms with E-state index in [-0.39, 0.29) is 0 Å². The van der Waals surface area contributed by atoms with Crippen LogP contribution < -0.4 is 5.32 Å². The minimum atomic E-state index is 0.595. The quantitative estimate of drug-likeness (QED) is 0.811. The molecule has 2 heteroatoms. The summed E-state index contributed by atoms with van der Waals surface area (Å²) in [5.41, 5.74) is 2.71. The van der Waals surface area contributed by atoms with Crippen LogP contribution in [0.5, 0.6) is 0 Å². The van der Waals surface area contributed by atoms with Gasteiger partial charge in [-0.15, -0.1) is 0 Å². The minimum absolute atomic E-state index is 0.595. The normalized spacial score (nSPS) is 20.4. The standard InChI is InChI=1S/C13H18ClN/c1-9(2)6-11-7-12-10(8-15-11)4-3-5-13(12)14/h3-5,9,11,15H,6-8H2,1-2H3. The number of hydrogen-bond donors (Lipinski definition) is 1. The SMILES string of the molecule is CC(C)CC1Cc2c(Cl)cccc2CN1. The molecule has 0 bridgehead atoms. The average Bonchev–Trinajstić information content (AvgIpc) is 2.18. The molecule has 15 heavy (non-hydrogen) atoms. The molecule has 1 unspecified atom stereocenters. The molecule has 0 fully saturated rings. The lowest BCUT2D eigenvalue weighted by Gasteiger charge is -2.28. The van der Waals surface area contributed by atoms with Crippen LogP contribution in [0.4, 0.5) is 0 Å². The number of fused-ring (bicyclic) bond motifs is 1. The summed E-state index contributed by atoms with van der Waals surface area (Å²) >= 11 is 6.22. The second kappa shape index (κ2) is 4.54. The van der Waals surface area contributed by atoms with Crippen LogP contribution in [0.1, 0.15) is 31.4 Å². The highest BCUT2D eigenvalue weighted by atomic mass is 35.5. The molecule has 0 saturated carbocycles. The lowest BCUT2D eigenvalue weighted by molar-refractivity contribution is 0.398. The average molecular weight is 224 g/mol. The fourth-order valence-electron chi connectivity index (χ4n) is 2.31. The summed E-state index contributed by atoms with van der Waals surface area (Å²) in [5, 5.41) is 4.51. The van der Waals surface area contributed by atoms with Crippen molar-refractivity contribution in [2.45, 2.75) is 39.3 Å². The van der Waals surface area contributed by atoms with E-state index >= 15 is 0 Å². The first kappa shape index (κ1) is 11.0. The largest absolute Gasteiger partial charge is 0.310 e. The maximum atomic E-state index is 6.22. The van der Waals surface area contributed by atoms with Crippen LogP contribution in [0.2, 0.25) is 5.02 Å². The van der Waals surface area contributed by atoms with Gasteiger partial charge in [0.25, 0.3) is 0 Å². The van der Waals surface area contributed by atoms with E-state index in [0.717, 1.165) is 23.9 Å². The van der Waals surface area contributed by atoms with Crippen LogP contribution in [-0.2, 0) is 13.0 Å². The molecule has 82 valence electrons. The van der Waals surface area contributed by atoms with Gasteiger partial charge in [0.15, 0.2) is 0 Å². The lowest BCUT2D eigenvalue weighted by Crippen LogP contribution is -2.36. The second-order valence-corrected chi connectivity index (χ2v) is 5.20. The van der Waals surface area contributed by atoms with Gasteiger partial charge in [0.05, 0.1) is 0 Å². The molecule has 1 heterocycles. The van der Waals surface area contributed by atoms with E-state index in [1.54, 1.807) is 0 Å². The van der Waals surface area contributed by atoms with Gasteiger partial charge in [-0.2, -0.15) is 0 Å². The molecule has 1 aromatic carbocycles. The molecular weight excluding hydrogens is 206 g/mol. The highest BCUT2D eigenvalue weighted by molar-refractivity contribution is 6.31. The first-order valence-corrected chi connectivity index (χ1v) is 6.04. The Morgan fingerprint density at radius 2 is 2.27 bits per heavy atom. The van der Waals surface area contributed by atoms with Crippen molar-refractivity contribution in [2.75, 3.05) is 0 Å². The van der Waals surface area contributed by atoms with E-state index < -0.39 is 0 Å². The Morgan fingerprint density at radius 3 is 3.00 bits per heavy atom. The number of halogens is 1. The van der Waals surface area contributed by atoms with Gasteiger partial charge in [0.2, 0.25) is 0 Å². The minimum Gasteiger partial charge on any atom is -0.310 e. The predicted molar refractivity (Wildman–Crippen MR) is 65.2 cm³/mol. The van der Waals surface area contributed by atoms with Crippen molar-refractivity contribution in [3.63, 3.8) is 0 Å². The van der Waals surface area contributed by atoms with Gasteiger partial charge in [-0.3, -0.25) is 0 Å². The second-order valence-electron chi connectivity index (χ2n) is 4.79.